The molecule has 0 bridgehead atoms. The first-order chi connectivity index (χ1) is 13.5. The Bertz CT molecular complexity index is 820. The van der Waals surface area contributed by atoms with E-state index in [2.05, 4.69) is 5.32 Å². The lowest BCUT2D eigenvalue weighted by atomic mass is 9.97. The zero-order valence-electron chi connectivity index (χ0n) is 16.2. The smallest absolute Gasteiger partial charge is 0.244 e. The summed E-state index contributed by atoms with van der Waals surface area (Å²) in [4.78, 5) is 14.1. The van der Waals surface area contributed by atoms with Crippen LogP contribution in [0.15, 0.2) is 29.2 Å². The van der Waals surface area contributed by atoms with Crippen molar-refractivity contribution >= 4 is 15.9 Å². The van der Waals surface area contributed by atoms with Crippen LogP contribution in [0.1, 0.15) is 37.7 Å². The van der Waals surface area contributed by atoms with Crippen LogP contribution in [-0.4, -0.2) is 57.9 Å². The Kier molecular flexibility index (Phi) is 7.05. The average molecular weight is 406 g/mol. The molecule has 7 nitrogen and oxygen atoms in total. The third-order valence-electron chi connectivity index (χ3n) is 5.77. The van der Waals surface area contributed by atoms with E-state index in [1.165, 1.54) is 42.4 Å². The maximum absolute atomic E-state index is 12.9. The van der Waals surface area contributed by atoms with Gasteiger partial charge in [0.25, 0.3) is 0 Å². The predicted octanol–water partition coefficient (Wildman–Crippen LogP) is 0.144. The largest absolute Gasteiger partial charge is 0.356 e. The number of benzene rings is 1. The number of amides is 1. The monoisotopic (exact) mass is 405 g/mol. The van der Waals surface area contributed by atoms with Gasteiger partial charge in [0.2, 0.25) is 15.9 Å². The molecule has 0 saturated carbocycles. The van der Waals surface area contributed by atoms with E-state index in [9.17, 15) is 18.5 Å². The van der Waals surface area contributed by atoms with Crippen molar-refractivity contribution in [2.75, 3.05) is 39.3 Å². The molecule has 0 spiro atoms. The van der Waals surface area contributed by atoms with Crippen LogP contribution in [0.2, 0.25) is 0 Å². The van der Waals surface area contributed by atoms with Crippen LogP contribution in [0, 0.1) is 17.2 Å². The summed E-state index contributed by atoms with van der Waals surface area (Å²) >= 11 is 0. The fourth-order valence-corrected chi connectivity index (χ4v) is 5.71. The molecule has 2 heterocycles. The maximum Gasteiger partial charge on any atom is 0.244 e. The summed E-state index contributed by atoms with van der Waals surface area (Å²) < 4.78 is 27.1. The molecule has 1 aromatic rings. The molecule has 2 N–H and O–H groups in total. The second kappa shape index (κ2) is 9.50. The number of hydrogen-bond acceptors (Lipinski definition) is 4. The fourth-order valence-electron chi connectivity index (χ4n) is 4.10. The molecule has 0 atom stereocenters. The molecule has 0 aromatic heterocycles. The SMILES string of the molecule is N#Cc1ccccc1S(=O)(=O)N1CCC(C(=O)NCCC[NH+]2CCCC2)CC1. The number of sulfonamides is 1. The number of nitrogens with one attached hydrogen (secondary N) is 2. The van der Waals surface area contributed by atoms with Crippen molar-refractivity contribution < 1.29 is 18.1 Å². The lowest BCUT2D eigenvalue weighted by Crippen LogP contribution is -3.10. The number of piperidine rings is 1. The van der Waals surface area contributed by atoms with E-state index >= 15 is 0 Å². The number of hydrogen-bond donors (Lipinski definition) is 2. The summed E-state index contributed by atoms with van der Waals surface area (Å²) in [7, 11) is -3.71. The van der Waals surface area contributed by atoms with Crippen LogP contribution in [-0.2, 0) is 14.8 Å². The van der Waals surface area contributed by atoms with Crippen molar-refractivity contribution in [3.63, 3.8) is 0 Å². The zero-order valence-corrected chi connectivity index (χ0v) is 17.0. The topological polar surface area (TPSA) is 94.7 Å². The molecular weight excluding hydrogens is 376 g/mol. The van der Waals surface area contributed by atoms with E-state index in [-0.39, 0.29) is 22.3 Å². The number of nitriles is 1. The average Bonchev–Trinajstić information content (AvgIpc) is 3.24. The third-order valence-corrected chi connectivity index (χ3v) is 7.72. The summed E-state index contributed by atoms with van der Waals surface area (Å²) in [5, 5.41) is 12.2. The molecule has 28 heavy (non-hydrogen) atoms. The van der Waals surface area contributed by atoms with E-state index < -0.39 is 10.0 Å². The van der Waals surface area contributed by atoms with Crippen molar-refractivity contribution in [2.45, 2.75) is 37.0 Å². The molecule has 2 aliphatic rings. The first kappa shape index (κ1) is 20.8. The summed E-state index contributed by atoms with van der Waals surface area (Å²) in [5.74, 6) is -0.109. The molecule has 3 rings (SSSR count). The highest BCUT2D eigenvalue weighted by atomic mass is 32.2. The number of carbonyl (C=O) groups is 1. The normalized spacial score (nSPS) is 19.4. The second-order valence-electron chi connectivity index (χ2n) is 7.64. The molecule has 2 saturated heterocycles. The van der Waals surface area contributed by atoms with Crippen LogP contribution < -0.4 is 10.2 Å². The van der Waals surface area contributed by atoms with Crippen molar-refractivity contribution in [3.8, 4) is 6.07 Å². The van der Waals surface area contributed by atoms with E-state index in [1.807, 2.05) is 6.07 Å². The van der Waals surface area contributed by atoms with E-state index in [1.54, 1.807) is 17.0 Å². The second-order valence-corrected chi connectivity index (χ2v) is 9.54. The maximum atomic E-state index is 12.9. The van der Waals surface area contributed by atoms with Gasteiger partial charge in [-0.25, -0.2) is 8.42 Å². The summed E-state index contributed by atoms with van der Waals surface area (Å²) in [6.45, 7) is 4.90. The highest BCUT2D eigenvalue weighted by Gasteiger charge is 2.33. The third kappa shape index (κ3) is 4.90. The van der Waals surface area contributed by atoms with E-state index in [0.717, 1.165) is 13.0 Å². The standard InChI is InChI=1S/C20H28N4O3S/c21-16-18-6-1-2-7-19(18)28(26,27)24-14-8-17(9-15-24)20(25)22-10-5-13-23-11-3-4-12-23/h1-2,6-7,17H,3-5,8-15H2,(H,22,25)/p+1. The van der Waals surface area contributed by atoms with Gasteiger partial charge in [0.15, 0.2) is 0 Å². The first-order valence-electron chi connectivity index (χ1n) is 10.1. The van der Waals surface area contributed by atoms with Crippen LogP contribution in [0.4, 0.5) is 0 Å². The molecule has 1 amide bonds. The van der Waals surface area contributed by atoms with Crippen LogP contribution >= 0.6 is 0 Å². The van der Waals surface area contributed by atoms with Gasteiger partial charge in [0.1, 0.15) is 6.07 Å². The van der Waals surface area contributed by atoms with Gasteiger partial charge in [-0.15, -0.1) is 0 Å². The Morgan fingerprint density at radius 2 is 1.89 bits per heavy atom. The number of quaternary nitrogens is 1. The zero-order chi connectivity index (χ0) is 20.0. The molecule has 0 unspecified atom stereocenters. The Morgan fingerprint density at radius 1 is 1.21 bits per heavy atom. The van der Waals surface area contributed by atoms with Gasteiger partial charge < -0.3 is 10.2 Å². The molecule has 0 radical (unpaired) electrons. The molecule has 0 aliphatic carbocycles. The fraction of sp³-hybridized carbons (Fsp3) is 0.600. The number of carbonyl (C=O) groups excluding carboxylic acids is 1. The van der Waals surface area contributed by atoms with Gasteiger partial charge in [-0.2, -0.15) is 9.57 Å². The minimum atomic E-state index is -3.71. The van der Waals surface area contributed by atoms with Gasteiger partial charge >= 0.3 is 0 Å². The summed E-state index contributed by atoms with van der Waals surface area (Å²) in [6, 6.07) is 8.20. The first-order valence-corrected chi connectivity index (χ1v) is 11.6. The Labute approximate surface area is 167 Å². The number of rotatable bonds is 7. The van der Waals surface area contributed by atoms with Crippen LogP contribution in [0.3, 0.4) is 0 Å². The quantitative estimate of drug-likeness (QED) is 0.631. The van der Waals surface area contributed by atoms with Crippen molar-refractivity contribution in [3.05, 3.63) is 29.8 Å². The van der Waals surface area contributed by atoms with E-state index in [0.29, 0.717) is 32.5 Å². The van der Waals surface area contributed by atoms with Gasteiger partial charge in [-0.1, -0.05) is 12.1 Å². The lowest BCUT2D eigenvalue weighted by Gasteiger charge is -2.30. The molecule has 2 fully saturated rings. The van der Waals surface area contributed by atoms with Gasteiger partial charge in [-0.3, -0.25) is 4.79 Å². The summed E-state index contributed by atoms with van der Waals surface area (Å²) in [6.07, 6.45) is 4.62. The molecular formula is C20H29N4O3S+. The Morgan fingerprint density at radius 3 is 2.57 bits per heavy atom. The van der Waals surface area contributed by atoms with Crippen molar-refractivity contribution in [1.82, 2.24) is 9.62 Å². The van der Waals surface area contributed by atoms with E-state index in [4.69, 9.17) is 0 Å². The van der Waals surface area contributed by atoms with Crippen LogP contribution in [0.5, 0.6) is 0 Å². The Balaban J connectivity index is 1.47. The molecule has 8 heteroatoms. The molecule has 1 aromatic carbocycles. The minimum absolute atomic E-state index is 0.0332. The minimum Gasteiger partial charge on any atom is -0.356 e. The molecule has 2 aliphatic heterocycles. The predicted molar refractivity (Wildman–Crippen MR) is 105 cm³/mol. The van der Waals surface area contributed by atoms with Gasteiger partial charge in [0.05, 0.1) is 30.1 Å². The summed E-state index contributed by atoms with van der Waals surface area (Å²) in [5.41, 5.74) is 0.155. The number of likely N-dealkylation sites (tertiary alicyclic amines) is 1. The van der Waals surface area contributed by atoms with Crippen molar-refractivity contribution in [2.24, 2.45) is 5.92 Å². The molecule has 152 valence electrons. The highest BCUT2D eigenvalue weighted by molar-refractivity contribution is 7.89. The van der Waals surface area contributed by atoms with Gasteiger partial charge in [0, 0.05) is 44.8 Å². The highest BCUT2D eigenvalue weighted by Crippen LogP contribution is 2.25. The number of nitrogens with zero attached hydrogens (tertiary/aromatic N) is 2. The van der Waals surface area contributed by atoms with Crippen LogP contribution in [0.25, 0.3) is 0 Å². The van der Waals surface area contributed by atoms with Crippen molar-refractivity contribution in [1.29, 1.82) is 5.26 Å². The lowest BCUT2D eigenvalue weighted by molar-refractivity contribution is -0.887. The Hall–Kier alpha value is -1.95. The van der Waals surface area contributed by atoms with Gasteiger partial charge in [-0.05, 0) is 25.0 Å².